The Morgan fingerprint density at radius 2 is 1.88 bits per heavy atom. The minimum atomic E-state index is -0.762. The van der Waals surface area contributed by atoms with Gasteiger partial charge in [-0.2, -0.15) is 0 Å². The van der Waals surface area contributed by atoms with Gasteiger partial charge in [0.05, 0.1) is 28.3 Å². The quantitative estimate of drug-likeness (QED) is 0.742. The van der Waals surface area contributed by atoms with Gasteiger partial charge in [-0.05, 0) is 18.2 Å². The second-order valence-electron chi connectivity index (χ2n) is 6.05. The third kappa shape index (κ3) is 2.43. The molecule has 2 atom stereocenters. The van der Waals surface area contributed by atoms with Crippen molar-refractivity contribution in [2.45, 2.75) is 12.2 Å². The van der Waals surface area contributed by atoms with E-state index in [9.17, 15) is 10.2 Å². The van der Waals surface area contributed by atoms with Crippen LogP contribution in [0.2, 0.25) is 5.02 Å². The highest BCUT2D eigenvalue weighted by molar-refractivity contribution is 6.33. The van der Waals surface area contributed by atoms with Crippen molar-refractivity contribution < 1.29 is 10.2 Å². The van der Waals surface area contributed by atoms with E-state index in [0.717, 1.165) is 22.4 Å². The summed E-state index contributed by atoms with van der Waals surface area (Å²) >= 11 is 6.36. The molecule has 0 bridgehead atoms. The highest BCUT2D eigenvalue weighted by Gasteiger charge is 2.30. The van der Waals surface area contributed by atoms with Crippen molar-refractivity contribution in [3.63, 3.8) is 0 Å². The van der Waals surface area contributed by atoms with Crippen LogP contribution < -0.4 is 4.90 Å². The average Bonchev–Trinajstić information content (AvgIpc) is 3.09. The zero-order valence-corrected chi connectivity index (χ0v) is 13.9. The first kappa shape index (κ1) is 15.4. The van der Waals surface area contributed by atoms with Gasteiger partial charge in [0, 0.05) is 31.9 Å². The number of rotatable bonds is 2. The van der Waals surface area contributed by atoms with Crippen molar-refractivity contribution in [3.8, 4) is 11.4 Å². The summed E-state index contributed by atoms with van der Waals surface area (Å²) in [6, 6.07) is 9.75. The minimum absolute atomic E-state index is 0.345. The molecule has 3 aromatic rings. The molecule has 0 unspecified atom stereocenters. The summed E-state index contributed by atoms with van der Waals surface area (Å²) in [7, 11) is 1.95. The molecule has 4 rings (SSSR count). The van der Waals surface area contributed by atoms with E-state index in [4.69, 9.17) is 11.6 Å². The number of aromatic nitrogens is 3. The van der Waals surface area contributed by atoms with E-state index in [2.05, 4.69) is 9.97 Å². The number of benzene rings is 1. The van der Waals surface area contributed by atoms with Crippen molar-refractivity contribution in [2.75, 3.05) is 18.0 Å². The number of aliphatic hydroxyl groups is 2. The number of halogens is 1. The summed E-state index contributed by atoms with van der Waals surface area (Å²) in [5.41, 5.74) is 2.70. The normalized spacial score (nSPS) is 20.9. The van der Waals surface area contributed by atoms with E-state index in [1.165, 1.54) is 0 Å². The number of aliphatic hydroxyl groups excluding tert-OH is 2. The topological polar surface area (TPSA) is 74.4 Å². The summed E-state index contributed by atoms with van der Waals surface area (Å²) in [4.78, 5) is 10.9. The molecule has 7 heteroatoms. The van der Waals surface area contributed by atoms with Crippen molar-refractivity contribution >= 4 is 28.5 Å². The number of imidazole rings is 1. The van der Waals surface area contributed by atoms with Crippen LogP contribution in [0.25, 0.3) is 22.4 Å². The highest BCUT2D eigenvalue weighted by Crippen LogP contribution is 2.32. The molecule has 1 aliphatic rings. The molecule has 6 nitrogen and oxygen atoms in total. The van der Waals surface area contributed by atoms with Crippen LogP contribution in [0.3, 0.4) is 0 Å². The lowest BCUT2D eigenvalue weighted by Crippen LogP contribution is -2.22. The molecule has 0 radical (unpaired) electrons. The molecule has 1 aromatic carbocycles. The van der Waals surface area contributed by atoms with E-state index >= 15 is 0 Å². The smallest absolute Gasteiger partial charge is 0.142 e. The zero-order valence-electron chi connectivity index (χ0n) is 13.1. The van der Waals surface area contributed by atoms with Crippen molar-refractivity contribution in [3.05, 3.63) is 41.6 Å². The fourth-order valence-electron chi connectivity index (χ4n) is 3.11. The molecule has 0 saturated carbocycles. The average molecular weight is 345 g/mol. The van der Waals surface area contributed by atoms with Crippen LogP contribution in [0.15, 0.2) is 36.5 Å². The van der Waals surface area contributed by atoms with Gasteiger partial charge >= 0.3 is 0 Å². The molecule has 3 heterocycles. The number of nitrogens with zero attached hydrogens (tertiary/aromatic N) is 4. The van der Waals surface area contributed by atoms with Crippen LogP contribution in [-0.2, 0) is 7.05 Å². The molecule has 2 aromatic heterocycles. The Hall–Kier alpha value is -2.15. The number of para-hydroxylation sites is 2. The third-order valence-corrected chi connectivity index (χ3v) is 4.75. The Balaban J connectivity index is 1.80. The third-order valence-electron chi connectivity index (χ3n) is 4.45. The molecule has 0 spiro atoms. The summed E-state index contributed by atoms with van der Waals surface area (Å²) < 4.78 is 1.99. The molecule has 24 heavy (non-hydrogen) atoms. The fourth-order valence-corrected chi connectivity index (χ4v) is 3.30. The second kappa shape index (κ2) is 5.73. The molecule has 2 N–H and O–H groups in total. The predicted molar refractivity (Wildman–Crippen MR) is 93.2 cm³/mol. The van der Waals surface area contributed by atoms with Gasteiger partial charge in [-0.25, -0.2) is 9.97 Å². The first-order valence-electron chi connectivity index (χ1n) is 7.73. The number of hydrogen-bond donors (Lipinski definition) is 2. The van der Waals surface area contributed by atoms with Crippen LogP contribution in [0.1, 0.15) is 0 Å². The van der Waals surface area contributed by atoms with Gasteiger partial charge in [0.25, 0.3) is 0 Å². The Kier molecular flexibility index (Phi) is 3.68. The van der Waals surface area contributed by atoms with Crippen LogP contribution in [0, 0.1) is 0 Å². The van der Waals surface area contributed by atoms with Crippen LogP contribution >= 0.6 is 11.6 Å². The molecular weight excluding hydrogens is 328 g/mol. The van der Waals surface area contributed by atoms with E-state index in [-0.39, 0.29) is 0 Å². The Morgan fingerprint density at radius 1 is 1.17 bits per heavy atom. The predicted octanol–water partition coefficient (Wildman–Crippen LogP) is 1.83. The van der Waals surface area contributed by atoms with Gasteiger partial charge in [0.1, 0.15) is 11.6 Å². The molecule has 0 amide bonds. The van der Waals surface area contributed by atoms with Crippen molar-refractivity contribution in [2.24, 2.45) is 7.05 Å². The van der Waals surface area contributed by atoms with E-state index < -0.39 is 12.2 Å². The Labute approximate surface area is 143 Å². The number of anilines is 1. The second-order valence-corrected chi connectivity index (χ2v) is 6.45. The largest absolute Gasteiger partial charge is 0.389 e. The molecule has 1 fully saturated rings. The Bertz CT molecular complexity index is 901. The molecule has 1 saturated heterocycles. The monoisotopic (exact) mass is 344 g/mol. The maximum absolute atomic E-state index is 9.75. The van der Waals surface area contributed by atoms with Gasteiger partial charge in [-0.15, -0.1) is 0 Å². The van der Waals surface area contributed by atoms with Gasteiger partial charge in [-0.1, -0.05) is 23.7 Å². The highest BCUT2D eigenvalue weighted by atomic mass is 35.5. The molecule has 124 valence electrons. The number of aryl methyl sites for hydroxylation is 1. The van der Waals surface area contributed by atoms with Crippen LogP contribution in [-0.4, -0.2) is 50.0 Å². The fraction of sp³-hybridized carbons (Fsp3) is 0.294. The molecule has 0 aliphatic carbocycles. The number of hydrogen-bond acceptors (Lipinski definition) is 5. The van der Waals surface area contributed by atoms with Crippen molar-refractivity contribution in [1.29, 1.82) is 0 Å². The number of fused-ring (bicyclic) bond motifs is 1. The maximum Gasteiger partial charge on any atom is 0.142 e. The van der Waals surface area contributed by atoms with Gasteiger partial charge in [0.2, 0.25) is 0 Å². The standard InChI is InChI=1S/C17H17ClN4O2/c1-21-13-5-3-2-4-12(13)20-17(21)10-6-16(19-7-11(10)18)22-8-14(23)15(24)9-22/h2-7,14-15,23-24H,8-9H2,1H3/t14-,15-/m1/s1. The van der Waals surface area contributed by atoms with Gasteiger partial charge in [-0.3, -0.25) is 0 Å². The first-order valence-corrected chi connectivity index (χ1v) is 8.11. The maximum atomic E-state index is 9.75. The lowest BCUT2D eigenvalue weighted by Gasteiger charge is -2.17. The van der Waals surface area contributed by atoms with E-state index in [1.807, 2.05) is 46.8 Å². The zero-order chi connectivity index (χ0) is 16.8. The van der Waals surface area contributed by atoms with Crippen LogP contribution in [0.5, 0.6) is 0 Å². The molecular formula is C17H17ClN4O2. The minimum Gasteiger partial charge on any atom is -0.389 e. The Morgan fingerprint density at radius 3 is 2.58 bits per heavy atom. The van der Waals surface area contributed by atoms with E-state index in [1.54, 1.807) is 6.20 Å². The van der Waals surface area contributed by atoms with E-state index in [0.29, 0.717) is 23.9 Å². The summed E-state index contributed by atoms with van der Waals surface area (Å²) in [5, 5.41) is 20.0. The number of β-amino-alcohol motifs (C(OH)–C–C–N with tert-alkyl or cyclic N) is 2. The van der Waals surface area contributed by atoms with Gasteiger partial charge < -0.3 is 19.7 Å². The van der Waals surface area contributed by atoms with Crippen molar-refractivity contribution in [1.82, 2.24) is 14.5 Å². The lowest BCUT2D eigenvalue weighted by atomic mass is 10.2. The lowest BCUT2D eigenvalue weighted by molar-refractivity contribution is 0.0572. The summed E-state index contributed by atoms with van der Waals surface area (Å²) in [6.07, 6.45) is 0.0613. The summed E-state index contributed by atoms with van der Waals surface area (Å²) in [6.45, 7) is 0.690. The molecule has 1 aliphatic heterocycles. The number of pyridine rings is 1. The SMILES string of the molecule is Cn1c(-c2cc(N3C[C@@H](O)[C@H](O)C3)ncc2Cl)nc2ccccc21. The first-order chi connectivity index (χ1) is 11.5. The van der Waals surface area contributed by atoms with Crippen LogP contribution in [0.4, 0.5) is 5.82 Å². The van der Waals surface area contributed by atoms with Gasteiger partial charge in [0.15, 0.2) is 0 Å². The summed E-state index contributed by atoms with van der Waals surface area (Å²) in [5.74, 6) is 1.42.